The van der Waals surface area contributed by atoms with Crippen LogP contribution in [-0.4, -0.2) is 58.1 Å². The van der Waals surface area contributed by atoms with Gasteiger partial charge in [-0.25, -0.2) is 9.59 Å². The highest BCUT2D eigenvalue weighted by molar-refractivity contribution is 5.99. The molecule has 1 aliphatic rings. The first-order valence-electron chi connectivity index (χ1n) is 15.2. The molecule has 0 spiro atoms. The largest absolute Gasteiger partial charge is 0.478 e. The van der Waals surface area contributed by atoms with Crippen molar-refractivity contribution in [1.82, 2.24) is 15.2 Å². The molecule has 240 valence electrons. The van der Waals surface area contributed by atoms with Gasteiger partial charge in [-0.05, 0) is 81.9 Å². The van der Waals surface area contributed by atoms with Crippen molar-refractivity contribution in [3.05, 3.63) is 134 Å². The number of benzene rings is 2. The summed E-state index contributed by atoms with van der Waals surface area (Å²) in [5.41, 5.74) is 4.57. The summed E-state index contributed by atoms with van der Waals surface area (Å²) in [6.45, 7) is 6.64. The van der Waals surface area contributed by atoms with Crippen LogP contribution in [0.5, 0.6) is 0 Å². The molecule has 0 radical (unpaired) electrons. The molecule has 10 heteroatoms. The summed E-state index contributed by atoms with van der Waals surface area (Å²) < 4.78 is 5.80. The number of carboxylic acid groups (broad SMARTS) is 1. The Bertz CT molecular complexity index is 1650. The van der Waals surface area contributed by atoms with Crippen LogP contribution in [-0.2, 0) is 20.7 Å². The number of non-ortho nitro benzene ring substituents is 1. The third-order valence-corrected chi connectivity index (χ3v) is 7.92. The average molecular weight is 625 g/mol. The monoisotopic (exact) mass is 624 g/mol. The van der Waals surface area contributed by atoms with Crippen molar-refractivity contribution in [3.63, 3.8) is 0 Å². The topological polar surface area (TPSA) is 135 Å². The molecule has 0 saturated heterocycles. The lowest BCUT2D eigenvalue weighted by atomic mass is 9.80. The summed E-state index contributed by atoms with van der Waals surface area (Å²) in [6, 6.07) is 18.2. The quantitative estimate of drug-likeness (QED) is 0.121. The standard InChI is InChI=1S/C36H40N4O6/c1-24(9-7-19-39(4)20-8-11-27-14-16-28(17-15-27)21-29-10-6-18-37-23-29)46-36(43)33-26(3)38-25(2)32(35(41)42)34(33)30-12-5-13-31(22-30)40(44)45/h5-6,8,10-18,22-24,34,38H,7,9,19-21H2,1-4H3,(H,41,42)/b11-8+. The summed E-state index contributed by atoms with van der Waals surface area (Å²) in [6.07, 6.45) is 9.70. The van der Waals surface area contributed by atoms with E-state index in [-0.39, 0.29) is 16.8 Å². The van der Waals surface area contributed by atoms with Crippen LogP contribution < -0.4 is 5.32 Å². The van der Waals surface area contributed by atoms with Crippen LogP contribution in [0.25, 0.3) is 6.08 Å². The second-order valence-electron chi connectivity index (χ2n) is 11.6. The van der Waals surface area contributed by atoms with Crippen molar-refractivity contribution in [2.45, 2.75) is 52.1 Å². The molecule has 2 atom stereocenters. The van der Waals surface area contributed by atoms with Gasteiger partial charge in [-0.15, -0.1) is 0 Å². The van der Waals surface area contributed by atoms with Gasteiger partial charge < -0.3 is 20.1 Å². The maximum absolute atomic E-state index is 13.5. The van der Waals surface area contributed by atoms with E-state index >= 15 is 0 Å². The molecule has 0 amide bonds. The van der Waals surface area contributed by atoms with Gasteiger partial charge in [0.2, 0.25) is 0 Å². The Morgan fingerprint density at radius 1 is 1.09 bits per heavy atom. The van der Waals surface area contributed by atoms with Gasteiger partial charge in [-0.1, -0.05) is 54.6 Å². The number of rotatable bonds is 14. The van der Waals surface area contributed by atoms with Crippen LogP contribution in [0.4, 0.5) is 5.69 Å². The Morgan fingerprint density at radius 2 is 1.83 bits per heavy atom. The number of carbonyl (C=O) groups is 2. The fourth-order valence-electron chi connectivity index (χ4n) is 5.60. The lowest BCUT2D eigenvalue weighted by Crippen LogP contribution is -2.33. The van der Waals surface area contributed by atoms with Crippen molar-refractivity contribution in [2.75, 3.05) is 20.1 Å². The third-order valence-electron chi connectivity index (χ3n) is 7.92. The molecular formula is C36H40N4O6. The Morgan fingerprint density at radius 3 is 2.50 bits per heavy atom. The van der Waals surface area contributed by atoms with Gasteiger partial charge in [0.25, 0.3) is 5.69 Å². The minimum atomic E-state index is -1.22. The third kappa shape index (κ3) is 8.98. The number of ether oxygens (including phenoxy) is 1. The molecule has 0 aliphatic carbocycles. The van der Waals surface area contributed by atoms with Gasteiger partial charge >= 0.3 is 11.9 Å². The van der Waals surface area contributed by atoms with Crippen LogP contribution in [0.3, 0.4) is 0 Å². The SMILES string of the molecule is CC1=C(C(=O)O)C(c2cccc([N+](=O)[O-])c2)C(C(=O)OC(C)CCCN(C)C/C=C/c2ccc(Cc3cccnc3)cc2)=C(C)N1. The zero-order chi connectivity index (χ0) is 33.2. The first-order valence-corrected chi connectivity index (χ1v) is 15.2. The van der Waals surface area contributed by atoms with E-state index in [1.54, 1.807) is 26.1 Å². The number of aromatic nitrogens is 1. The van der Waals surface area contributed by atoms with E-state index in [0.717, 1.165) is 31.5 Å². The van der Waals surface area contributed by atoms with Gasteiger partial charge in [0.1, 0.15) is 0 Å². The molecule has 10 nitrogen and oxygen atoms in total. The molecule has 0 fully saturated rings. The molecular weight excluding hydrogens is 584 g/mol. The van der Waals surface area contributed by atoms with E-state index in [0.29, 0.717) is 23.4 Å². The van der Waals surface area contributed by atoms with E-state index in [4.69, 9.17) is 4.74 Å². The van der Waals surface area contributed by atoms with E-state index in [2.05, 4.69) is 57.7 Å². The first-order chi connectivity index (χ1) is 22.0. The number of likely N-dealkylation sites (N-methyl/N-ethyl adjacent to an activating group) is 1. The summed E-state index contributed by atoms with van der Waals surface area (Å²) >= 11 is 0. The minimum absolute atomic E-state index is 0.0546. The Balaban J connectivity index is 1.30. The first kappa shape index (κ1) is 33.8. The fourth-order valence-corrected chi connectivity index (χ4v) is 5.60. The number of pyridine rings is 1. The van der Waals surface area contributed by atoms with Crippen molar-refractivity contribution in [2.24, 2.45) is 0 Å². The Kier molecular flexibility index (Phi) is 11.6. The number of carboxylic acids is 1. The number of esters is 1. The number of dihydropyridines is 1. The van der Waals surface area contributed by atoms with Crippen LogP contribution in [0, 0.1) is 10.1 Å². The number of allylic oxidation sites excluding steroid dienone is 2. The number of nitro groups is 1. The minimum Gasteiger partial charge on any atom is -0.478 e. The predicted octanol–water partition coefficient (Wildman–Crippen LogP) is 6.26. The number of nitro benzene ring substituents is 1. The normalized spacial score (nSPS) is 15.6. The highest BCUT2D eigenvalue weighted by atomic mass is 16.6. The van der Waals surface area contributed by atoms with Gasteiger partial charge in [0, 0.05) is 42.5 Å². The number of carbonyl (C=O) groups excluding carboxylic acids is 1. The second kappa shape index (κ2) is 15.8. The van der Waals surface area contributed by atoms with Gasteiger partial charge in [0.15, 0.2) is 0 Å². The van der Waals surface area contributed by atoms with Crippen LogP contribution in [0.15, 0.2) is 102 Å². The predicted molar refractivity (Wildman–Crippen MR) is 177 cm³/mol. The van der Waals surface area contributed by atoms with Crippen LogP contribution >= 0.6 is 0 Å². The number of nitrogens with one attached hydrogen (secondary N) is 1. The second-order valence-corrected chi connectivity index (χ2v) is 11.6. The van der Waals surface area contributed by atoms with E-state index in [1.807, 2.05) is 26.2 Å². The Hall–Kier alpha value is -5.09. The maximum Gasteiger partial charge on any atom is 0.337 e. The molecule has 3 aromatic rings. The molecule has 4 rings (SSSR count). The Labute approximate surface area is 269 Å². The molecule has 1 aromatic heterocycles. The zero-order valence-corrected chi connectivity index (χ0v) is 26.6. The highest BCUT2D eigenvalue weighted by Gasteiger charge is 2.38. The number of hydrogen-bond acceptors (Lipinski definition) is 8. The molecule has 2 unspecified atom stereocenters. The molecule has 2 heterocycles. The molecule has 0 bridgehead atoms. The molecule has 2 N–H and O–H groups in total. The molecule has 46 heavy (non-hydrogen) atoms. The highest BCUT2D eigenvalue weighted by Crippen LogP contribution is 2.40. The van der Waals surface area contributed by atoms with E-state index < -0.39 is 28.9 Å². The van der Waals surface area contributed by atoms with Crippen LogP contribution in [0.2, 0.25) is 0 Å². The van der Waals surface area contributed by atoms with Crippen molar-refractivity contribution in [1.29, 1.82) is 0 Å². The smallest absolute Gasteiger partial charge is 0.337 e. The van der Waals surface area contributed by atoms with Crippen molar-refractivity contribution < 1.29 is 24.4 Å². The average Bonchev–Trinajstić information content (AvgIpc) is 3.01. The summed E-state index contributed by atoms with van der Waals surface area (Å²) in [7, 11) is 2.03. The summed E-state index contributed by atoms with van der Waals surface area (Å²) in [5.74, 6) is -2.89. The lowest BCUT2D eigenvalue weighted by Gasteiger charge is -2.30. The molecule has 0 saturated carbocycles. The van der Waals surface area contributed by atoms with Crippen molar-refractivity contribution >= 4 is 23.7 Å². The number of hydrogen-bond donors (Lipinski definition) is 2. The fraction of sp³-hybridized carbons (Fsp3) is 0.306. The summed E-state index contributed by atoms with van der Waals surface area (Å²) in [4.78, 5) is 43.0. The maximum atomic E-state index is 13.5. The molecule has 1 aliphatic heterocycles. The van der Waals surface area contributed by atoms with E-state index in [1.165, 1.54) is 29.3 Å². The zero-order valence-electron chi connectivity index (χ0n) is 26.6. The van der Waals surface area contributed by atoms with E-state index in [9.17, 15) is 24.8 Å². The van der Waals surface area contributed by atoms with Gasteiger partial charge in [-0.2, -0.15) is 0 Å². The van der Waals surface area contributed by atoms with Crippen LogP contribution in [0.1, 0.15) is 61.8 Å². The lowest BCUT2D eigenvalue weighted by molar-refractivity contribution is -0.384. The van der Waals surface area contributed by atoms with Gasteiger partial charge in [-0.3, -0.25) is 15.1 Å². The number of nitrogens with zero attached hydrogens (tertiary/aromatic N) is 3. The van der Waals surface area contributed by atoms with Crippen molar-refractivity contribution in [3.8, 4) is 0 Å². The summed E-state index contributed by atoms with van der Waals surface area (Å²) in [5, 5.41) is 24.4. The van der Waals surface area contributed by atoms with Gasteiger partial charge in [0.05, 0.1) is 28.1 Å². The molecule has 2 aromatic carbocycles. The number of aliphatic carboxylic acids is 1.